The van der Waals surface area contributed by atoms with Crippen LogP contribution in [0.5, 0.6) is 0 Å². The Labute approximate surface area is 138 Å². The Morgan fingerprint density at radius 2 is 1.91 bits per heavy atom. The Balaban J connectivity index is 1.91. The van der Waals surface area contributed by atoms with E-state index in [0.29, 0.717) is 5.41 Å². The number of hydrogen-bond donors (Lipinski definition) is 2. The van der Waals surface area contributed by atoms with Gasteiger partial charge in [-0.05, 0) is 49.3 Å². The molecule has 3 heteroatoms. The third-order valence-electron chi connectivity index (χ3n) is 5.70. The molecule has 1 spiro atoms. The van der Waals surface area contributed by atoms with Gasteiger partial charge in [-0.3, -0.25) is 0 Å². The number of benzene rings is 1. The van der Waals surface area contributed by atoms with Crippen molar-refractivity contribution in [1.82, 2.24) is 5.32 Å². The van der Waals surface area contributed by atoms with Gasteiger partial charge in [-0.15, -0.1) is 0 Å². The molecule has 1 aliphatic heterocycles. The summed E-state index contributed by atoms with van der Waals surface area (Å²) in [4.78, 5) is 0. The van der Waals surface area contributed by atoms with E-state index >= 15 is 0 Å². The van der Waals surface area contributed by atoms with Crippen LogP contribution in [0.15, 0.2) is 35.0 Å². The fourth-order valence-corrected chi connectivity index (χ4v) is 4.18. The number of rotatable bonds is 1. The molecule has 0 saturated heterocycles. The smallest absolute Gasteiger partial charge is 0.141 e. The lowest BCUT2D eigenvalue weighted by atomic mass is 9.66. The second kappa shape index (κ2) is 4.80. The SMILES string of the molecule is C=C1Nc2ccc3cc(CC)oc3c2C2(CCC(C)(C)CC2)N1. The minimum absolute atomic E-state index is 0.0461. The van der Waals surface area contributed by atoms with Crippen molar-refractivity contribution in [2.45, 2.75) is 58.4 Å². The summed E-state index contributed by atoms with van der Waals surface area (Å²) in [6.45, 7) is 11.0. The average molecular weight is 310 g/mol. The Bertz CT molecular complexity index is 774. The maximum absolute atomic E-state index is 6.22. The van der Waals surface area contributed by atoms with E-state index in [-0.39, 0.29) is 5.54 Å². The molecule has 1 aromatic heterocycles. The van der Waals surface area contributed by atoms with E-state index in [4.69, 9.17) is 4.42 Å². The molecule has 2 aromatic rings. The quantitative estimate of drug-likeness (QED) is 0.752. The molecule has 1 saturated carbocycles. The number of furan rings is 1. The van der Waals surface area contributed by atoms with Gasteiger partial charge in [0, 0.05) is 23.1 Å². The van der Waals surface area contributed by atoms with E-state index in [1.165, 1.54) is 23.8 Å². The molecule has 0 amide bonds. The van der Waals surface area contributed by atoms with Crippen molar-refractivity contribution >= 4 is 16.7 Å². The van der Waals surface area contributed by atoms with Crippen molar-refractivity contribution in [3.05, 3.63) is 41.9 Å². The van der Waals surface area contributed by atoms with Gasteiger partial charge in [0.2, 0.25) is 0 Å². The van der Waals surface area contributed by atoms with E-state index in [0.717, 1.165) is 42.1 Å². The highest BCUT2D eigenvalue weighted by Crippen LogP contribution is 2.51. The summed E-state index contributed by atoms with van der Waals surface area (Å²) >= 11 is 0. The van der Waals surface area contributed by atoms with Gasteiger partial charge in [-0.2, -0.15) is 0 Å². The average Bonchev–Trinajstić information content (AvgIpc) is 2.93. The van der Waals surface area contributed by atoms with Crippen LogP contribution in [0.2, 0.25) is 0 Å². The summed E-state index contributed by atoms with van der Waals surface area (Å²) in [5.41, 5.74) is 3.88. The van der Waals surface area contributed by atoms with Crippen molar-refractivity contribution in [2.75, 3.05) is 5.32 Å². The van der Waals surface area contributed by atoms with E-state index in [9.17, 15) is 0 Å². The number of aryl methyl sites for hydroxylation is 1. The van der Waals surface area contributed by atoms with Crippen LogP contribution in [0.4, 0.5) is 5.69 Å². The van der Waals surface area contributed by atoms with Crippen LogP contribution in [0.1, 0.15) is 57.8 Å². The minimum atomic E-state index is -0.0461. The van der Waals surface area contributed by atoms with E-state index in [1.807, 2.05) is 0 Å². The first-order chi connectivity index (χ1) is 10.9. The highest BCUT2D eigenvalue weighted by Gasteiger charge is 2.44. The molecule has 0 bridgehead atoms. The lowest BCUT2D eigenvalue weighted by Crippen LogP contribution is -2.50. The van der Waals surface area contributed by atoms with Crippen LogP contribution < -0.4 is 10.6 Å². The van der Waals surface area contributed by atoms with Crippen LogP contribution in [0, 0.1) is 5.41 Å². The molecular formula is C20H26N2O. The molecule has 2 aliphatic rings. The van der Waals surface area contributed by atoms with Crippen LogP contribution in [0.3, 0.4) is 0 Å². The fourth-order valence-electron chi connectivity index (χ4n) is 4.18. The number of anilines is 1. The van der Waals surface area contributed by atoms with Gasteiger partial charge in [0.15, 0.2) is 0 Å². The first-order valence-corrected chi connectivity index (χ1v) is 8.72. The lowest BCUT2D eigenvalue weighted by molar-refractivity contribution is 0.142. The first kappa shape index (κ1) is 14.7. The molecule has 23 heavy (non-hydrogen) atoms. The third kappa shape index (κ3) is 2.25. The Morgan fingerprint density at radius 3 is 2.61 bits per heavy atom. The molecule has 2 N–H and O–H groups in total. The van der Waals surface area contributed by atoms with Gasteiger partial charge in [0.05, 0.1) is 11.4 Å². The summed E-state index contributed by atoms with van der Waals surface area (Å²) in [5.74, 6) is 1.96. The van der Waals surface area contributed by atoms with Gasteiger partial charge >= 0.3 is 0 Å². The largest absolute Gasteiger partial charge is 0.461 e. The molecule has 1 aromatic carbocycles. The lowest BCUT2D eigenvalue weighted by Gasteiger charge is -2.48. The van der Waals surface area contributed by atoms with Crippen LogP contribution in [-0.2, 0) is 12.0 Å². The zero-order chi connectivity index (χ0) is 16.2. The fraction of sp³-hybridized carbons (Fsp3) is 0.500. The molecule has 122 valence electrons. The summed E-state index contributed by atoms with van der Waals surface area (Å²) in [7, 11) is 0. The van der Waals surface area contributed by atoms with Gasteiger partial charge in [0.25, 0.3) is 0 Å². The van der Waals surface area contributed by atoms with Crippen molar-refractivity contribution in [2.24, 2.45) is 5.41 Å². The van der Waals surface area contributed by atoms with Crippen molar-refractivity contribution in [1.29, 1.82) is 0 Å². The molecule has 3 nitrogen and oxygen atoms in total. The topological polar surface area (TPSA) is 37.2 Å². The maximum Gasteiger partial charge on any atom is 0.141 e. The summed E-state index contributed by atoms with van der Waals surface area (Å²) in [6, 6.07) is 6.52. The molecule has 0 atom stereocenters. The van der Waals surface area contributed by atoms with Crippen molar-refractivity contribution in [3.63, 3.8) is 0 Å². The Hall–Kier alpha value is -1.90. The first-order valence-electron chi connectivity index (χ1n) is 8.72. The molecule has 2 heterocycles. The molecule has 1 aliphatic carbocycles. The minimum Gasteiger partial charge on any atom is -0.461 e. The van der Waals surface area contributed by atoms with E-state index in [2.05, 4.69) is 56.2 Å². The predicted molar refractivity (Wildman–Crippen MR) is 95.4 cm³/mol. The second-order valence-electron chi connectivity index (χ2n) is 7.95. The normalized spacial score (nSPS) is 21.8. The van der Waals surface area contributed by atoms with Crippen LogP contribution in [-0.4, -0.2) is 0 Å². The second-order valence-corrected chi connectivity index (χ2v) is 7.95. The predicted octanol–water partition coefficient (Wildman–Crippen LogP) is 5.28. The zero-order valence-corrected chi connectivity index (χ0v) is 14.4. The molecule has 1 fully saturated rings. The third-order valence-corrected chi connectivity index (χ3v) is 5.70. The van der Waals surface area contributed by atoms with Crippen LogP contribution >= 0.6 is 0 Å². The standard InChI is InChI=1S/C20H26N2O/c1-5-15-12-14-6-7-16-17(18(14)23-15)20(22-13(2)21-16)10-8-19(3,4)9-11-20/h6-7,12,21-22H,2,5,8-11H2,1,3-4H3. The summed E-state index contributed by atoms with van der Waals surface area (Å²) in [6.07, 6.45) is 5.59. The number of fused-ring (bicyclic) bond motifs is 4. The van der Waals surface area contributed by atoms with Gasteiger partial charge in [0.1, 0.15) is 11.3 Å². The zero-order valence-electron chi connectivity index (χ0n) is 14.4. The number of hydrogen-bond acceptors (Lipinski definition) is 3. The monoisotopic (exact) mass is 310 g/mol. The molecular weight excluding hydrogens is 284 g/mol. The molecule has 0 radical (unpaired) electrons. The summed E-state index contributed by atoms with van der Waals surface area (Å²) in [5, 5.41) is 8.29. The number of nitrogens with one attached hydrogen (secondary N) is 2. The van der Waals surface area contributed by atoms with Gasteiger partial charge in [-0.1, -0.05) is 27.4 Å². The summed E-state index contributed by atoms with van der Waals surface area (Å²) < 4.78 is 6.22. The van der Waals surface area contributed by atoms with Crippen molar-refractivity contribution in [3.8, 4) is 0 Å². The van der Waals surface area contributed by atoms with E-state index in [1.54, 1.807) is 0 Å². The van der Waals surface area contributed by atoms with Crippen LogP contribution in [0.25, 0.3) is 11.0 Å². The maximum atomic E-state index is 6.22. The van der Waals surface area contributed by atoms with Gasteiger partial charge in [-0.25, -0.2) is 0 Å². The highest BCUT2D eigenvalue weighted by atomic mass is 16.3. The van der Waals surface area contributed by atoms with Gasteiger partial charge < -0.3 is 15.1 Å². The highest BCUT2D eigenvalue weighted by molar-refractivity contribution is 5.88. The Morgan fingerprint density at radius 1 is 1.17 bits per heavy atom. The Kier molecular flexibility index (Phi) is 3.06. The molecule has 0 unspecified atom stereocenters. The molecule has 4 rings (SSSR count). The van der Waals surface area contributed by atoms with E-state index < -0.39 is 0 Å². The van der Waals surface area contributed by atoms with Crippen molar-refractivity contribution < 1.29 is 4.42 Å².